The van der Waals surface area contributed by atoms with Crippen LogP contribution in [0.5, 0.6) is 0 Å². The molecule has 62 valence electrons. The van der Waals surface area contributed by atoms with Crippen molar-refractivity contribution in [1.82, 2.24) is 0 Å². The number of carbonyl (C=O) groups is 1. The third kappa shape index (κ3) is 2.35. The number of rotatable bonds is 2. The Morgan fingerprint density at radius 2 is 2.55 bits per heavy atom. The Kier molecular flexibility index (Phi) is 2.65. The van der Waals surface area contributed by atoms with E-state index in [4.69, 9.17) is 9.84 Å². The Morgan fingerprint density at radius 1 is 1.82 bits per heavy atom. The first-order chi connectivity index (χ1) is 5.20. The van der Waals surface area contributed by atoms with Crippen LogP contribution in [-0.2, 0) is 9.53 Å². The van der Waals surface area contributed by atoms with Crippen molar-refractivity contribution in [1.29, 1.82) is 0 Å². The molecule has 1 unspecified atom stereocenters. The molecule has 0 heterocycles. The van der Waals surface area contributed by atoms with Crippen LogP contribution in [0.1, 0.15) is 26.2 Å². The smallest absolute Gasteiger partial charge is 0.339 e. The van der Waals surface area contributed by atoms with E-state index < -0.39 is 12.1 Å². The van der Waals surface area contributed by atoms with Crippen LogP contribution < -0.4 is 0 Å². The average Bonchev–Trinajstić information content (AvgIpc) is 2.39. The van der Waals surface area contributed by atoms with E-state index in [0.29, 0.717) is 5.76 Å². The van der Waals surface area contributed by atoms with Crippen LogP contribution in [0, 0.1) is 0 Å². The molecular formula is C8H12O3. The Balaban J connectivity index is 2.35. The third-order valence-corrected chi connectivity index (χ3v) is 1.57. The summed E-state index contributed by atoms with van der Waals surface area (Å²) in [6, 6.07) is 0. The second-order valence-electron chi connectivity index (χ2n) is 2.66. The van der Waals surface area contributed by atoms with Crippen LogP contribution in [-0.4, -0.2) is 17.2 Å². The molecule has 3 heteroatoms. The van der Waals surface area contributed by atoms with Gasteiger partial charge < -0.3 is 9.84 Å². The summed E-state index contributed by atoms with van der Waals surface area (Å²) < 4.78 is 4.84. The molecule has 0 spiro atoms. The predicted molar refractivity (Wildman–Crippen MR) is 39.7 cm³/mol. The molecule has 0 saturated heterocycles. The molecule has 1 aliphatic rings. The molecule has 0 fully saturated rings. The summed E-state index contributed by atoms with van der Waals surface area (Å²) in [6.07, 6.45) is 3.71. The highest BCUT2D eigenvalue weighted by Crippen LogP contribution is 2.18. The molecule has 0 bridgehead atoms. The molecular weight excluding hydrogens is 144 g/mol. The van der Waals surface area contributed by atoms with Crippen LogP contribution in [0.15, 0.2) is 11.8 Å². The second-order valence-corrected chi connectivity index (χ2v) is 2.66. The number of esters is 1. The van der Waals surface area contributed by atoms with Gasteiger partial charge in [-0.15, -0.1) is 0 Å². The summed E-state index contributed by atoms with van der Waals surface area (Å²) >= 11 is 0. The molecule has 0 aliphatic heterocycles. The first-order valence-corrected chi connectivity index (χ1v) is 3.79. The van der Waals surface area contributed by atoms with E-state index in [0.717, 1.165) is 19.3 Å². The lowest BCUT2D eigenvalue weighted by Crippen LogP contribution is -2.18. The number of aliphatic hydroxyl groups excluding tert-OH is 1. The highest BCUT2D eigenvalue weighted by Gasteiger charge is 2.14. The van der Waals surface area contributed by atoms with Crippen molar-refractivity contribution >= 4 is 5.97 Å². The first-order valence-electron chi connectivity index (χ1n) is 3.79. The van der Waals surface area contributed by atoms with E-state index in [-0.39, 0.29) is 0 Å². The lowest BCUT2D eigenvalue weighted by atomic mass is 10.3. The monoisotopic (exact) mass is 156 g/mol. The topological polar surface area (TPSA) is 46.5 Å². The van der Waals surface area contributed by atoms with Crippen molar-refractivity contribution in [3.8, 4) is 0 Å². The molecule has 1 N–H and O–H groups in total. The summed E-state index contributed by atoms with van der Waals surface area (Å²) in [5.41, 5.74) is 0. The van der Waals surface area contributed by atoms with Gasteiger partial charge in [-0.2, -0.15) is 0 Å². The molecule has 1 aliphatic carbocycles. The zero-order chi connectivity index (χ0) is 8.27. The summed E-state index contributed by atoms with van der Waals surface area (Å²) in [7, 11) is 0. The molecule has 1 atom stereocenters. The summed E-state index contributed by atoms with van der Waals surface area (Å²) in [5, 5.41) is 8.78. The fourth-order valence-corrected chi connectivity index (χ4v) is 0.949. The lowest BCUT2D eigenvalue weighted by molar-refractivity contribution is -0.148. The summed E-state index contributed by atoms with van der Waals surface area (Å²) in [5.74, 6) is 0.147. The van der Waals surface area contributed by atoms with Gasteiger partial charge in [0.25, 0.3) is 0 Å². The molecule has 0 aromatic carbocycles. The van der Waals surface area contributed by atoms with Crippen LogP contribution in [0.25, 0.3) is 0 Å². The largest absolute Gasteiger partial charge is 0.430 e. The summed E-state index contributed by atoms with van der Waals surface area (Å²) in [6.45, 7) is 1.40. The SMILES string of the molecule is CC(O)C(=O)OC1=CCCC1. The minimum absolute atomic E-state index is 0.557. The van der Waals surface area contributed by atoms with Gasteiger partial charge in [0.1, 0.15) is 11.9 Å². The van der Waals surface area contributed by atoms with E-state index in [2.05, 4.69) is 0 Å². The van der Waals surface area contributed by atoms with Gasteiger partial charge in [0.2, 0.25) is 0 Å². The standard InChI is InChI=1S/C8H12O3/c1-6(9)8(10)11-7-4-2-3-5-7/h4,6,9H,2-3,5H2,1H3. The number of aliphatic hydroxyl groups is 1. The third-order valence-electron chi connectivity index (χ3n) is 1.57. The fraction of sp³-hybridized carbons (Fsp3) is 0.625. The van der Waals surface area contributed by atoms with E-state index in [1.165, 1.54) is 6.92 Å². The lowest BCUT2D eigenvalue weighted by Gasteiger charge is -2.05. The normalized spacial score (nSPS) is 19.3. The minimum Gasteiger partial charge on any atom is -0.430 e. The Bertz CT molecular complexity index is 182. The molecule has 0 saturated carbocycles. The maximum Gasteiger partial charge on any atom is 0.339 e. The van der Waals surface area contributed by atoms with Gasteiger partial charge in [-0.25, -0.2) is 4.79 Å². The zero-order valence-corrected chi connectivity index (χ0v) is 6.54. The number of ether oxygens (including phenoxy) is 1. The van der Waals surface area contributed by atoms with Crippen molar-refractivity contribution < 1.29 is 14.6 Å². The fourth-order valence-electron chi connectivity index (χ4n) is 0.949. The quantitative estimate of drug-likeness (QED) is 0.606. The number of hydrogen-bond acceptors (Lipinski definition) is 3. The maximum atomic E-state index is 10.8. The van der Waals surface area contributed by atoms with Crippen LogP contribution in [0.3, 0.4) is 0 Å². The van der Waals surface area contributed by atoms with E-state index in [1.807, 2.05) is 6.08 Å². The van der Waals surface area contributed by atoms with Gasteiger partial charge in [0.05, 0.1) is 0 Å². The zero-order valence-electron chi connectivity index (χ0n) is 6.54. The van der Waals surface area contributed by atoms with E-state index >= 15 is 0 Å². The van der Waals surface area contributed by atoms with E-state index in [1.54, 1.807) is 0 Å². The maximum absolute atomic E-state index is 10.8. The van der Waals surface area contributed by atoms with Crippen molar-refractivity contribution in [2.75, 3.05) is 0 Å². The second kappa shape index (κ2) is 3.53. The average molecular weight is 156 g/mol. The van der Waals surface area contributed by atoms with Crippen molar-refractivity contribution in [3.05, 3.63) is 11.8 Å². The minimum atomic E-state index is -1.02. The van der Waals surface area contributed by atoms with Crippen molar-refractivity contribution in [2.45, 2.75) is 32.3 Å². The number of carbonyl (C=O) groups excluding carboxylic acids is 1. The predicted octanol–water partition coefficient (Wildman–Crippen LogP) is 0.978. The van der Waals surface area contributed by atoms with Crippen LogP contribution in [0.2, 0.25) is 0 Å². The van der Waals surface area contributed by atoms with Crippen molar-refractivity contribution in [3.63, 3.8) is 0 Å². The van der Waals surface area contributed by atoms with Crippen molar-refractivity contribution in [2.24, 2.45) is 0 Å². The summed E-state index contributed by atoms with van der Waals surface area (Å²) in [4.78, 5) is 10.8. The highest BCUT2D eigenvalue weighted by molar-refractivity contribution is 5.74. The van der Waals surface area contributed by atoms with Crippen LogP contribution >= 0.6 is 0 Å². The molecule has 0 aromatic rings. The van der Waals surface area contributed by atoms with Gasteiger partial charge in [-0.3, -0.25) is 0 Å². The highest BCUT2D eigenvalue weighted by atomic mass is 16.6. The molecule has 3 nitrogen and oxygen atoms in total. The molecule has 11 heavy (non-hydrogen) atoms. The molecule has 0 radical (unpaired) electrons. The van der Waals surface area contributed by atoms with Gasteiger partial charge in [0.15, 0.2) is 0 Å². The number of hydrogen-bond donors (Lipinski definition) is 1. The van der Waals surface area contributed by atoms with Gasteiger partial charge in [-0.05, 0) is 25.8 Å². The molecule has 1 rings (SSSR count). The van der Waals surface area contributed by atoms with Gasteiger partial charge in [0, 0.05) is 6.42 Å². The van der Waals surface area contributed by atoms with Gasteiger partial charge >= 0.3 is 5.97 Å². The Labute approximate surface area is 65.7 Å². The van der Waals surface area contributed by atoms with E-state index in [9.17, 15) is 4.79 Å². The van der Waals surface area contributed by atoms with Crippen LogP contribution in [0.4, 0.5) is 0 Å². The number of allylic oxidation sites excluding steroid dienone is 2. The Morgan fingerprint density at radius 3 is 3.00 bits per heavy atom. The Hall–Kier alpha value is -0.830. The molecule has 0 amide bonds. The molecule has 0 aromatic heterocycles. The van der Waals surface area contributed by atoms with Gasteiger partial charge in [-0.1, -0.05) is 0 Å². The first kappa shape index (κ1) is 8.27.